The number of aromatic amines is 1. The van der Waals surface area contributed by atoms with E-state index < -0.39 is 0 Å². The molecule has 2 saturated carbocycles. The molecule has 0 amide bonds. The van der Waals surface area contributed by atoms with Crippen LogP contribution in [0.4, 0.5) is 0 Å². The SMILES string of the molecule is c1ccc2c(CCN[C@H]3C[C@H]4CC[C@H]3C4)c[nH]c2c1. The van der Waals surface area contributed by atoms with Crippen molar-refractivity contribution in [1.29, 1.82) is 0 Å². The lowest BCUT2D eigenvalue weighted by molar-refractivity contribution is 0.354. The van der Waals surface area contributed by atoms with Gasteiger partial charge in [0.25, 0.3) is 0 Å². The predicted molar refractivity (Wildman–Crippen MR) is 79.2 cm³/mol. The van der Waals surface area contributed by atoms with Crippen molar-refractivity contribution in [2.24, 2.45) is 11.8 Å². The van der Waals surface area contributed by atoms with Crippen molar-refractivity contribution < 1.29 is 0 Å². The molecule has 2 fully saturated rings. The Morgan fingerprint density at radius 3 is 2.95 bits per heavy atom. The van der Waals surface area contributed by atoms with Crippen LogP contribution in [-0.2, 0) is 6.42 Å². The average molecular weight is 254 g/mol. The number of para-hydroxylation sites is 1. The largest absolute Gasteiger partial charge is 0.361 e. The van der Waals surface area contributed by atoms with Gasteiger partial charge in [0.05, 0.1) is 0 Å². The second kappa shape index (κ2) is 4.68. The standard InChI is InChI=1S/C17H22N2/c1-2-4-16-15(3-1)14(11-19-16)7-8-18-17-10-12-5-6-13(17)9-12/h1-4,11-13,17-19H,5-10H2/t12-,13-,17-/m0/s1. The molecule has 2 aromatic rings. The van der Waals surface area contributed by atoms with Gasteiger partial charge < -0.3 is 10.3 Å². The molecule has 2 heteroatoms. The highest BCUT2D eigenvalue weighted by atomic mass is 14.9. The smallest absolute Gasteiger partial charge is 0.0456 e. The first-order valence-corrected chi connectivity index (χ1v) is 7.68. The second-order valence-electron chi connectivity index (χ2n) is 6.34. The van der Waals surface area contributed by atoms with Crippen LogP contribution in [0.5, 0.6) is 0 Å². The summed E-state index contributed by atoms with van der Waals surface area (Å²) in [4.78, 5) is 3.37. The molecule has 2 aliphatic carbocycles. The molecule has 0 unspecified atom stereocenters. The van der Waals surface area contributed by atoms with E-state index in [0.717, 1.165) is 30.8 Å². The third kappa shape index (κ3) is 2.08. The van der Waals surface area contributed by atoms with Gasteiger partial charge in [-0.15, -0.1) is 0 Å². The Bertz CT molecular complexity index is 571. The number of H-pyrrole nitrogens is 1. The van der Waals surface area contributed by atoms with E-state index in [9.17, 15) is 0 Å². The van der Waals surface area contributed by atoms with Gasteiger partial charge in [0.1, 0.15) is 0 Å². The Kier molecular flexibility index (Phi) is 2.84. The average Bonchev–Trinajstić information content (AvgIpc) is 3.14. The number of aromatic nitrogens is 1. The molecule has 2 nitrogen and oxygen atoms in total. The molecule has 0 radical (unpaired) electrons. The minimum atomic E-state index is 0.809. The summed E-state index contributed by atoms with van der Waals surface area (Å²) in [5, 5.41) is 5.19. The van der Waals surface area contributed by atoms with Crippen molar-refractivity contribution in [1.82, 2.24) is 10.3 Å². The molecule has 1 heterocycles. The molecule has 100 valence electrons. The number of fused-ring (bicyclic) bond motifs is 3. The summed E-state index contributed by atoms with van der Waals surface area (Å²) < 4.78 is 0. The Morgan fingerprint density at radius 1 is 1.16 bits per heavy atom. The summed E-state index contributed by atoms with van der Waals surface area (Å²) in [7, 11) is 0. The van der Waals surface area contributed by atoms with Gasteiger partial charge in [-0.25, -0.2) is 0 Å². The van der Waals surface area contributed by atoms with Gasteiger partial charge in [0.2, 0.25) is 0 Å². The van der Waals surface area contributed by atoms with Crippen LogP contribution in [0.1, 0.15) is 31.2 Å². The van der Waals surface area contributed by atoms with E-state index >= 15 is 0 Å². The zero-order chi connectivity index (χ0) is 12.7. The number of hydrogen-bond donors (Lipinski definition) is 2. The molecule has 2 N–H and O–H groups in total. The van der Waals surface area contributed by atoms with Crippen LogP contribution >= 0.6 is 0 Å². The Labute approximate surface area is 114 Å². The molecule has 1 aromatic heterocycles. The highest BCUT2D eigenvalue weighted by Gasteiger charge is 2.38. The van der Waals surface area contributed by atoms with E-state index in [2.05, 4.69) is 40.8 Å². The molecule has 1 aromatic carbocycles. The minimum absolute atomic E-state index is 0.809. The van der Waals surface area contributed by atoms with E-state index in [0.29, 0.717) is 0 Å². The van der Waals surface area contributed by atoms with E-state index in [1.54, 1.807) is 0 Å². The van der Waals surface area contributed by atoms with Crippen molar-refractivity contribution in [3.05, 3.63) is 36.0 Å². The zero-order valence-electron chi connectivity index (χ0n) is 11.4. The first-order chi connectivity index (χ1) is 9.40. The molecule has 0 spiro atoms. The van der Waals surface area contributed by atoms with Crippen LogP contribution in [0, 0.1) is 11.8 Å². The summed E-state index contributed by atoms with van der Waals surface area (Å²) >= 11 is 0. The fourth-order valence-corrected chi connectivity index (χ4v) is 4.23. The topological polar surface area (TPSA) is 27.8 Å². The van der Waals surface area contributed by atoms with Crippen LogP contribution in [0.2, 0.25) is 0 Å². The fourth-order valence-electron chi connectivity index (χ4n) is 4.23. The first-order valence-electron chi connectivity index (χ1n) is 7.68. The van der Waals surface area contributed by atoms with E-state index in [1.165, 1.54) is 42.1 Å². The molecule has 19 heavy (non-hydrogen) atoms. The maximum atomic E-state index is 3.80. The van der Waals surface area contributed by atoms with Crippen LogP contribution in [0.3, 0.4) is 0 Å². The molecular weight excluding hydrogens is 232 g/mol. The summed E-state index contributed by atoms with van der Waals surface area (Å²) in [6.07, 6.45) is 9.19. The number of benzene rings is 1. The molecule has 0 saturated heterocycles. The van der Waals surface area contributed by atoms with Crippen LogP contribution in [0.25, 0.3) is 10.9 Å². The number of rotatable bonds is 4. The molecule has 2 aliphatic rings. The lowest BCUT2D eigenvalue weighted by Gasteiger charge is -2.22. The monoisotopic (exact) mass is 254 g/mol. The van der Waals surface area contributed by atoms with Gasteiger partial charge in [-0.05, 0) is 55.7 Å². The first kappa shape index (κ1) is 11.5. The van der Waals surface area contributed by atoms with Crippen molar-refractivity contribution >= 4 is 10.9 Å². The number of hydrogen-bond acceptors (Lipinski definition) is 1. The van der Waals surface area contributed by atoms with Crippen LogP contribution < -0.4 is 5.32 Å². The maximum absolute atomic E-state index is 3.80. The number of nitrogens with one attached hydrogen (secondary N) is 2. The predicted octanol–water partition coefficient (Wildman–Crippen LogP) is 3.49. The van der Waals surface area contributed by atoms with E-state index in [-0.39, 0.29) is 0 Å². The summed E-state index contributed by atoms with van der Waals surface area (Å²) in [5.74, 6) is 2.02. The second-order valence-corrected chi connectivity index (χ2v) is 6.34. The lowest BCUT2D eigenvalue weighted by Crippen LogP contribution is -2.35. The normalized spacial score (nSPS) is 29.4. The Balaban J connectivity index is 1.37. The van der Waals surface area contributed by atoms with Crippen molar-refractivity contribution in [3.8, 4) is 0 Å². The fraction of sp³-hybridized carbons (Fsp3) is 0.529. The molecule has 2 bridgehead atoms. The van der Waals surface area contributed by atoms with Crippen molar-refractivity contribution in [3.63, 3.8) is 0 Å². The minimum Gasteiger partial charge on any atom is -0.361 e. The molecule has 4 rings (SSSR count). The van der Waals surface area contributed by atoms with Gasteiger partial charge in [0, 0.05) is 23.1 Å². The summed E-state index contributed by atoms with van der Waals surface area (Å²) in [6.45, 7) is 1.12. The van der Waals surface area contributed by atoms with Gasteiger partial charge in [-0.2, -0.15) is 0 Å². The summed E-state index contributed by atoms with van der Waals surface area (Å²) in [6, 6.07) is 9.41. The van der Waals surface area contributed by atoms with Gasteiger partial charge in [0.15, 0.2) is 0 Å². The van der Waals surface area contributed by atoms with Gasteiger partial charge in [-0.3, -0.25) is 0 Å². The maximum Gasteiger partial charge on any atom is 0.0456 e. The molecular formula is C17H22N2. The third-order valence-corrected chi connectivity index (χ3v) is 5.21. The van der Waals surface area contributed by atoms with E-state index in [4.69, 9.17) is 0 Å². The van der Waals surface area contributed by atoms with E-state index in [1.807, 2.05) is 0 Å². The highest BCUT2D eigenvalue weighted by Crippen LogP contribution is 2.44. The van der Waals surface area contributed by atoms with Gasteiger partial charge >= 0.3 is 0 Å². The third-order valence-electron chi connectivity index (χ3n) is 5.21. The Morgan fingerprint density at radius 2 is 2.11 bits per heavy atom. The highest BCUT2D eigenvalue weighted by molar-refractivity contribution is 5.83. The Hall–Kier alpha value is -1.28. The van der Waals surface area contributed by atoms with Crippen LogP contribution in [0.15, 0.2) is 30.5 Å². The zero-order valence-corrected chi connectivity index (χ0v) is 11.4. The summed E-state index contributed by atoms with van der Waals surface area (Å²) in [5.41, 5.74) is 2.71. The van der Waals surface area contributed by atoms with Crippen molar-refractivity contribution in [2.75, 3.05) is 6.54 Å². The quantitative estimate of drug-likeness (QED) is 0.859. The molecule has 3 atom stereocenters. The van der Waals surface area contributed by atoms with Crippen molar-refractivity contribution in [2.45, 2.75) is 38.1 Å². The molecule has 0 aliphatic heterocycles. The van der Waals surface area contributed by atoms with Gasteiger partial charge in [-0.1, -0.05) is 24.6 Å². The van der Waals surface area contributed by atoms with Crippen LogP contribution in [-0.4, -0.2) is 17.6 Å². The lowest BCUT2D eigenvalue weighted by atomic mass is 9.95.